The minimum atomic E-state index is 0.189. The summed E-state index contributed by atoms with van der Waals surface area (Å²) in [6, 6.07) is 5.79. The fourth-order valence-corrected chi connectivity index (χ4v) is 2.54. The molecule has 5 nitrogen and oxygen atoms in total. The average molecular weight is 273 g/mol. The van der Waals surface area contributed by atoms with Crippen LogP contribution in [-0.2, 0) is 11.2 Å². The van der Waals surface area contributed by atoms with Gasteiger partial charge in [0.2, 0.25) is 5.91 Å². The van der Waals surface area contributed by atoms with Crippen LogP contribution < -0.4 is 0 Å². The van der Waals surface area contributed by atoms with Crippen LogP contribution in [-0.4, -0.2) is 53.9 Å². The highest BCUT2D eigenvalue weighted by Gasteiger charge is 2.19. The Morgan fingerprint density at radius 2 is 2.05 bits per heavy atom. The van der Waals surface area contributed by atoms with Gasteiger partial charge >= 0.3 is 0 Å². The molecule has 0 saturated carbocycles. The van der Waals surface area contributed by atoms with E-state index in [9.17, 15) is 4.79 Å². The van der Waals surface area contributed by atoms with Gasteiger partial charge in [0.15, 0.2) is 11.5 Å². The summed E-state index contributed by atoms with van der Waals surface area (Å²) in [5.41, 5.74) is 2.59. The third-order valence-electron chi connectivity index (χ3n) is 3.77. The minimum Gasteiger partial charge on any atom is -0.441 e. The normalized spacial score (nSPS) is 16.8. The van der Waals surface area contributed by atoms with E-state index in [1.807, 2.05) is 30.0 Å². The van der Waals surface area contributed by atoms with Crippen LogP contribution in [0.5, 0.6) is 0 Å². The van der Waals surface area contributed by atoms with E-state index >= 15 is 0 Å². The van der Waals surface area contributed by atoms with Gasteiger partial charge < -0.3 is 14.2 Å². The van der Waals surface area contributed by atoms with Crippen LogP contribution in [0.2, 0.25) is 0 Å². The van der Waals surface area contributed by atoms with Crippen molar-refractivity contribution in [1.82, 2.24) is 14.8 Å². The first-order valence-corrected chi connectivity index (χ1v) is 6.94. The molecule has 1 fully saturated rings. The smallest absolute Gasteiger partial charge is 0.227 e. The maximum absolute atomic E-state index is 12.3. The van der Waals surface area contributed by atoms with Gasteiger partial charge in [0.25, 0.3) is 0 Å². The zero-order chi connectivity index (χ0) is 14.1. The number of aryl methyl sites for hydroxylation is 1. The van der Waals surface area contributed by atoms with Crippen molar-refractivity contribution >= 4 is 17.0 Å². The summed E-state index contributed by atoms with van der Waals surface area (Å²) in [6.07, 6.45) is 0.430. The quantitative estimate of drug-likeness (QED) is 0.831. The molecular formula is C15H19N3O2. The van der Waals surface area contributed by atoms with Gasteiger partial charge in [-0.05, 0) is 24.7 Å². The summed E-state index contributed by atoms with van der Waals surface area (Å²) in [7, 11) is 2.09. The number of hydrogen-bond donors (Lipinski definition) is 0. The van der Waals surface area contributed by atoms with Crippen molar-refractivity contribution in [3.05, 3.63) is 29.7 Å². The van der Waals surface area contributed by atoms with E-state index < -0.39 is 0 Å². The summed E-state index contributed by atoms with van der Waals surface area (Å²) >= 11 is 0. The molecular weight excluding hydrogens is 254 g/mol. The van der Waals surface area contributed by atoms with Crippen molar-refractivity contribution in [2.24, 2.45) is 0 Å². The molecule has 0 N–H and O–H groups in total. The van der Waals surface area contributed by atoms with E-state index in [1.54, 1.807) is 0 Å². The fraction of sp³-hybridized carbons (Fsp3) is 0.467. The summed E-state index contributed by atoms with van der Waals surface area (Å²) in [5, 5.41) is 0. The number of carbonyl (C=O) groups excluding carboxylic acids is 1. The number of likely N-dealkylation sites (N-methyl/N-ethyl adjacent to an activating group) is 1. The Morgan fingerprint density at radius 1 is 1.30 bits per heavy atom. The number of benzene rings is 1. The summed E-state index contributed by atoms with van der Waals surface area (Å²) < 4.78 is 5.51. The number of fused-ring (bicyclic) bond motifs is 1. The SMILES string of the molecule is Cc1nc2ccc(CC(=O)N3CCN(C)CC3)cc2o1. The molecule has 5 heteroatoms. The molecule has 1 aromatic heterocycles. The molecule has 1 saturated heterocycles. The van der Waals surface area contributed by atoms with E-state index in [0.717, 1.165) is 42.8 Å². The monoisotopic (exact) mass is 273 g/mol. The molecule has 2 aromatic rings. The molecule has 0 unspecified atom stereocenters. The highest BCUT2D eigenvalue weighted by atomic mass is 16.3. The van der Waals surface area contributed by atoms with Gasteiger partial charge in [0, 0.05) is 33.1 Å². The lowest BCUT2D eigenvalue weighted by atomic mass is 10.1. The van der Waals surface area contributed by atoms with Crippen LogP contribution in [0, 0.1) is 6.92 Å². The van der Waals surface area contributed by atoms with Crippen molar-refractivity contribution in [3.63, 3.8) is 0 Å². The predicted molar refractivity (Wildman–Crippen MR) is 76.5 cm³/mol. The lowest BCUT2D eigenvalue weighted by Gasteiger charge is -2.32. The van der Waals surface area contributed by atoms with Gasteiger partial charge in [0.05, 0.1) is 6.42 Å². The standard InChI is InChI=1S/C15H19N3O2/c1-11-16-13-4-3-12(9-14(13)20-11)10-15(19)18-7-5-17(2)6-8-18/h3-4,9H,5-8,10H2,1-2H3. The van der Waals surface area contributed by atoms with Gasteiger partial charge in [-0.1, -0.05) is 6.07 Å². The van der Waals surface area contributed by atoms with Gasteiger partial charge in [-0.15, -0.1) is 0 Å². The highest BCUT2D eigenvalue weighted by Crippen LogP contribution is 2.17. The van der Waals surface area contributed by atoms with E-state index in [0.29, 0.717) is 12.3 Å². The topological polar surface area (TPSA) is 49.6 Å². The average Bonchev–Trinajstić information content (AvgIpc) is 2.78. The molecule has 1 amide bonds. The zero-order valence-electron chi connectivity index (χ0n) is 11.9. The van der Waals surface area contributed by atoms with Gasteiger partial charge in [-0.25, -0.2) is 4.98 Å². The van der Waals surface area contributed by atoms with E-state index in [4.69, 9.17) is 4.42 Å². The van der Waals surface area contributed by atoms with Gasteiger partial charge in [0.1, 0.15) is 5.52 Å². The Bertz CT molecular complexity index is 627. The Balaban J connectivity index is 1.70. The number of rotatable bonds is 2. The van der Waals surface area contributed by atoms with Crippen LogP contribution in [0.3, 0.4) is 0 Å². The molecule has 2 heterocycles. The molecule has 3 rings (SSSR count). The molecule has 1 aromatic carbocycles. The van der Waals surface area contributed by atoms with Gasteiger partial charge in [-0.3, -0.25) is 4.79 Å². The molecule has 1 aliphatic heterocycles. The molecule has 0 radical (unpaired) electrons. The number of piperazine rings is 1. The number of amides is 1. The largest absolute Gasteiger partial charge is 0.441 e. The Hall–Kier alpha value is -1.88. The Morgan fingerprint density at radius 3 is 2.80 bits per heavy atom. The number of oxazole rings is 1. The summed E-state index contributed by atoms with van der Waals surface area (Å²) in [6.45, 7) is 5.37. The van der Waals surface area contributed by atoms with Crippen molar-refractivity contribution in [1.29, 1.82) is 0 Å². The maximum atomic E-state index is 12.3. The zero-order valence-corrected chi connectivity index (χ0v) is 11.9. The third-order valence-corrected chi connectivity index (χ3v) is 3.77. The predicted octanol–water partition coefficient (Wildman–Crippen LogP) is 1.45. The molecule has 0 aliphatic carbocycles. The molecule has 0 atom stereocenters. The summed E-state index contributed by atoms with van der Waals surface area (Å²) in [5.74, 6) is 0.844. The van der Waals surface area contributed by atoms with Crippen molar-refractivity contribution < 1.29 is 9.21 Å². The second kappa shape index (κ2) is 5.25. The second-order valence-electron chi connectivity index (χ2n) is 5.40. The maximum Gasteiger partial charge on any atom is 0.227 e. The van der Waals surface area contributed by atoms with Crippen LogP contribution in [0.25, 0.3) is 11.1 Å². The lowest BCUT2D eigenvalue weighted by Crippen LogP contribution is -2.47. The number of hydrogen-bond acceptors (Lipinski definition) is 4. The number of carbonyl (C=O) groups is 1. The van der Waals surface area contributed by atoms with E-state index in [-0.39, 0.29) is 5.91 Å². The van der Waals surface area contributed by atoms with Crippen LogP contribution in [0.1, 0.15) is 11.5 Å². The van der Waals surface area contributed by atoms with Crippen molar-refractivity contribution in [3.8, 4) is 0 Å². The molecule has 0 spiro atoms. The third kappa shape index (κ3) is 2.67. The molecule has 106 valence electrons. The number of aromatic nitrogens is 1. The Kier molecular flexibility index (Phi) is 3.44. The lowest BCUT2D eigenvalue weighted by molar-refractivity contribution is -0.132. The van der Waals surface area contributed by atoms with Crippen molar-refractivity contribution in [2.45, 2.75) is 13.3 Å². The van der Waals surface area contributed by atoms with Gasteiger partial charge in [-0.2, -0.15) is 0 Å². The molecule has 1 aliphatic rings. The second-order valence-corrected chi connectivity index (χ2v) is 5.40. The first kappa shape index (κ1) is 13.1. The first-order chi connectivity index (χ1) is 9.61. The Labute approximate surface area is 118 Å². The van der Waals surface area contributed by atoms with Crippen LogP contribution in [0.4, 0.5) is 0 Å². The summed E-state index contributed by atoms with van der Waals surface area (Å²) in [4.78, 5) is 20.7. The first-order valence-electron chi connectivity index (χ1n) is 6.94. The minimum absolute atomic E-state index is 0.189. The highest BCUT2D eigenvalue weighted by molar-refractivity contribution is 5.81. The van der Waals surface area contributed by atoms with E-state index in [1.165, 1.54) is 0 Å². The van der Waals surface area contributed by atoms with Crippen LogP contribution >= 0.6 is 0 Å². The van der Waals surface area contributed by atoms with E-state index in [2.05, 4.69) is 16.9 Å². The fourth-order valence-electron chi connectivity index (χ4n) is 2.54. The molecule has 0 bridgehead atoms. The van der Waals surface area contributed by atoms with Crippen molar-refractivity contribution in [2.75, 3.05) is 33.2 Å². The number of nitrogens with zero attached hydrogens (tertiary/aromatic N) is 3. The molecule has 20 heavy (non-hydrogen) atoms. The van der Waals surface area contributed by atoms with Crippen LogP contribution in [0.15, 0.2) is 22.6 Å².